The van der Waals surface area contributed by atoms with Crippen LogP contribution in [0.4, 0.5) is 0 Å². The topological polar surface area (TPSA) is 570 Å². The van der Waals surface area contributed by atoms with Gasteiger partial charge in [0.2, 0.25) is 17.7 Å². The van der Waals surface area contributed by atoms with E-state index in [0.717, 1.165) is 20.8 Å². The third-order valence-electron chi connectivity index (χ3n) is 14.6. The number of nitrogens with one attached hydrogen (secondary N) is 3. The Labute approximate surface area is 459 Å². The number of aliphatic carboxylic acids is 1. The van der Waals surface area contributed by atoms with Crippen molar-refractivity contribution >= 4 is 23.7 Å². The summed E-state index contributed by atoms with van der Waals surface area (Å²) in [4.78, 5) is 50.7. The van der Waals surface area contributed by atoms with Gasteiger partial charge in [0.1, 0.15) is 134 Å². The van der Waals surface area contributed by atoms with Gasteiger partial charge in [-0.3, -0.25) is 14.4 Å². The van der Waals surface area contributed by atoms with Crippen LogP contribution in [0.1, 0.15) is 34.1 Å². The molecular formula is C45H75N3O33. The van der Waals surface area contributed by atoms with E-state index < -0.39 is 253 Å². The largest absolute Gasteiger partial charge is 0.477 e. The van der Waals surface area contributed by atoms with Crippen molar-refractivity contribution in [2.24, 2.45) is 0 Å². The molecule has 0 unspecified atom stereocenters. The standard InChI is InChI=1S/C45H75N3O33/c1-11-24(58)30(64)32(66)41(72-11)80-38-37(79-40-23(48-14(4)55)35(27(61)18(8-51)74-40)77-42-33(67)31(65)26(60)17(7-50)75-42)28(62)19(9-52)76-43(38)78-34-22(47-13(3)54)39(68)73-20(29(34)63)10-71-45(44(69)70)5-15(56)21(46-12(2)53)36(81-45)25(59)16(57)6-49/h11,15-43,49-52,56-68H,5-10H2,1-4H3,(H,46,53)(H,47,54)(H,48,55)(H,69,70)/t11-,15-,16+,17+,18+,19+,20+,21+,22+,23+,24+,25+,26-,27-,28-,29-,30+,31-,32-,33+,34+,35+,36+,37-,38+,39-,40+,41-,42+,43-,45+/m0/s1. The molecule has 0 saturated carbocycles. The van der Waals surface area contributed by atoms with Crippen LogP contribution >= 0.6 is 0 Å². The summed E-state index contributed by atoms with van der Waals surface area (Å²) < 4.78 is 64.4. The molecule has 0 aromatic heterocycles. The highest BCUT2D eigenvalue weighted by Crippen LogP contribution is 2.39. The van der Waals surface area contributed by atoms with Gasteiger partial charge >= 0.3 is 5.97 Å². The molecular weight excluding hydrogens is 1110 g/mol. The van der Waals surface area contributed by atoms with Crippen molar-refractivity contribution in [2.75, 3.05) is 33.0 Å². The summed E-state index contributed by atoms with van der Waals surface area (Å²) in [5.41, 5.74) is 0. The Kier molecular flexibility index (Phi) is 23.4. The summed E-state index contributed by atoms with van der Waals surface area (Å²) in [5, 5.41) is 202. The summed E-state index contributed by atoms with van der Waals surface area (Å²) in [6.07, 6.45) is -55.6. The van der Waals surface area contributed by atoms with Crippen molar-refractivity contribution in [3.05, 3.63) is 0 Å². The lowest BCUT2D eigenvalue weighted by Gasteiger charge is -2.52. The fourth-order valence-corrected chi connectivity index (χ4v) is 10.2. The maximum atomic E-state index is 13.0. The highest BCUT2D eigenvalue weighted by atomic mass is 16.8. The van der Waals surface area contributed by atoms with Crippen LogP contribution in [0.5, 0.6) is 0 Å². The second-order valence-corrected chi connectivity index (χ2v) is 20.4. The maximum absolute atomic E-state index is 13.0. The molecule has 6 saturated heterocycles. The number of carbonyl (C=O) groups is 4. The van der Waals surface area contributed by atoms with E-state index in [1.54, 1.807) is 0 Å². The Morgan fingerprint density at radius 2 is 0.963 bits per heavy atom. The minimum absolute atomic E-state index is 0.810. The van der Waals surface area contributed by atoms with Crippen molar-refractivity contribution in [1.29, 1.82) is 0 Å². The van der Waals surface area contributed by atoms with Crippen molar-refractivity contribution in [3.8, 4) is 0 Å². The number of amides is 3. The monoisotopic (exact) mass is 1190 g/mol. The molecule has 0 aliphatic carbocycles. The minimum Gasteiger partial charge on any atom is -0.477 e. The lowest BCUT2D eigenvalue weighted by atomic mass is 9.88. The van der Waals surface area contributed by atoms with Gasteiger partial charge in [0.15, 0.2) is 31.5 Å². The molecule has 6 aliphatic heterocycles. The molecule has 21 N–H and O–H groups in total. The van der Waals surface area contributed by atoms with Crippen LogP contribution in [0.3, 0.4) is 0 Å². The molecule has 6 rings (SSSR count). The Balaban J connectivity index is 1.39. The van der Waals surface area contributed by atoms with Crippen LogP contribution in [0, 0.1) is 0 Å². The number of hydrogen-bond acceptors (Lipinski definition) is 32. The Bertz CT molecular complexity index is 2070. The maximum Gasteiger partial charge on any atom is 0.364 e. The van der Waals surface area contributed by atoms with Crippen molar-refractivity contribution < 1.29 is 163 Å². The van der Waals surface area contributed by atoms with E-state index in [1.165, 1.54) is 6.92 Å². The van der Waals surface area contributed by atoms with Gasteiger partial charge in [-0.1, -0.05) is 0 Å². The van der Waals surface area contributed by atoms with Gasteiger partial charge in [-0.2, -0.15) is 0 Å². The second kappa shape index (κ2) is 28.3. The average molecular weight is 1190 g/mol. The zero-order chi connectivity index (χ0) is 60.3. The number of carboxylic acids is 1. The van der Waals surface area contributed by atoms with Crippen molar-refractivity contribution in [3.63, 3.8) is 0 Å². The van der Waals surface area contributed by atoms with Crippen LogP contribution < -0.4 is 16.0 Å². The van der Waals surface area contributed by atoms with E-state index in [1.807, 2.05) is 0 Å². The van der Waals surface area contributed by atoms with Crippen LogP contribution in [0.15, 0.2) is 0 Å². The van der Waals surface area contributed by atoms with Gasteiger partial charge < -0.3 is 160 Å². The van der Waals surface area contributed by atoms with E-state index in [2.05, 4.69) is 16.0 Å². The summed E-state index contributed by atoms with van der Waals surface area (Å²) in [7, 11) is 0. The third kappa shape index (κ3) is 14.7. The SMILES string of the molecule is CC(=O)N[C@@H]1[C@@H](O[C@@H]2O[C@H](CO)[C@H](O)[C@H](O[C@H]3O[C@H](CO)[C@H](O)[C@H](O[C@H]4O[C@H](CO)[C@H](O)[C@H](O)[C@H]4O)[C@H]3NC(C)=O)[C@H]2O[C@@H]2O[C@@H](C)[C@@H](O)[C@@H](O)[C@@H]2O)[C@@H](O)[C@@H](CO[C@]2(C(=O)O)C[C@H](O)[C@@H](NC(C)=O)[C@H]([C@H](O)[C@H](O)CO)O2)O[C@@H]1O. The molecule has 468 valence electrons. The first-order valence-corrected chi connectivity index (χ1v) is 25.6. The molecule has 0 aromatic rings. The quantitative estimate of drug-likeness (QED) is 0.0507. The predicted octanol–water partition coefficient (Wildman–Crippen LogP) is -13.4. The first kappa shape index (κ1) is 66.9. The van der Waals surface area contributed by atoms with Crippen molar-refractivity contribution in [2.45, 2.75) is 224 Å². The molecule has 3 amide bonds. The summed E-state index contributed by atoms with van der Waals surface area (Å²) in [5.74, 6) is -7.69. The summed E-state index contributed by atoms with van der Waals surface area (Å²) in [6.45, 7) is -1.29. The highest BCUT2D eigenvalue weighted by Gasteiger charge is 2.60. The zero-order valence-electron chi connectivity index (χ0n) is 43.7. The number of hydrogen-bond donors (Lipinski definition) is 21. The smallest absolute Gasteiger partial charge is 0.364 e. The van der Waals surface area contributed by atoms with Gasteiger partial charge in [0.25, 0.3) is 5.79 Å². The summed E-state index contributed by atoms with van der Waals surface area (Å²) >= 11 is 0. The lowest BCUT2D eigenvalue weighted by Crippen LogP contribution is -2.71. The van der Waals surface area contributed by atoms with E-state index in [9.17, 15) is 111 Å². The van der Waals surface area contributed by atoms with Gasteiger partial charge in [-0.25, -0.2) is 4.79 Å². The van der Waals surface area contributed by atoms with E-state index in [4.69, 9.17) is 52.1 Å². The first-order chi connectivity index (χ1) is 38.0. The van der Waals surface area contributed by atoms with Gasteiger partial charge in [0.05, 0.1) is 51.3 Å². The number of ether oxygens (including phenoxy) is 11. The molecule has 36 heteroatoms. The number of rotatable bonds is 21. The summed E-state index contributed by atoms with van der Waals surface area (Å²) in [6, 6.07) is -5.39. The zero-order valence-corrected chi connectivity index (χ0v) is 43.7. The fraction of sp³-hybridized carbons (Fsp3) is 0.911. The molecule has 6 fully saturated rings. The molecule has 0 aromatic carbocycles. The Hall–Kier alpha value is -3.24. The fourth-order valence-electron chi connectivity index (χ4n) is 10.2. The molecule has 31 atom stereocenters. The van der Waals surface area contributed by atoms with E-state index in [0.29, 0.717) is 0 Å². The van der Waals surface area contributed by atoms with Crippen LogP contribution in [-0.2, 0) is 71.3 Å². The number of carbonyl (C=O) groups excluding carboxylic acids is 3. The molecule has 81 heavy (non-hydrogen) atoms. The molecule has 0 bridgehead atoms. The lowest BCUT2D eigenvalue weighted by molar-refractivity contribution is -0.400. The molecule has 0 spiro atoms. The molecule has 6 aliphatic rings. The molecule has 6 heterocycles. The van der Waals surface area contributed by atoms with Crippen LogP contribution in [0.2, 0.25) is 0 Å². The normalized spacial score (nSPS) is 46.7. The second-order valence-electron chi connectivity index (χ2n) is 20.4. The minimum atomic E-state index is -3.05. The molecule has 0 radical (unpaired) electrons. The van der Waals surface area contributed by atoms with Crippen LogP contribution in [0.25, 0.3) is 0 Å². The van der Waals surface area contributed by atoms with E-state index >= 15 is 0 Å². The van der Waals surface area contributed by atoms with Gasteiger partial charge in [-0.15, -0.1) is 0 Å². The number of aliphatic hydroxyl groups is 17. The average Bonchev–Trinajstić information content (AvgIpc) is 3.41. The van der Waals surface area contributed by atoms with Gasteiger partial charge in [0, 0.05) is 27.2 Å². The number of aliphatic hydroxyl groups excluding tert-OH is 17. The highest BCUT2D eigenvalue weighted by molar-refractivity contribution is 5.77. The van der Waals surface area contributed by atoms with E-state index in [-0.39, 0.29) is 0 Å². The van der Waals surface area contributed by atoms with Gasteiger partial charge in [-0.05, 0) is 6.92 Å². The van der Waals surface area contributed by atoms with Crippen molar-refractivity contribution in [1.82, 2.24) is 16.0 Å². The predicted molar refractivity (Wildman–Crippen MR) is 250 cm³/mol. The molecule has 36 nitrogen and oxygen atoms in total. The Morgan fingerprint density at radius 3 is 1.52 bits per heavy atom. The third-order valence-corrected chi connectivity index (χ3v) is 14.6. The number of carboxylic acid groups (broad SMARTS) is 1. The van der Waals surface area contributed by atoms with Crippen LogP contribution in [-0.4, -0.2) is 338 Å². The first-order valence-electron chi connectivity index (χ1n) is 25.6. The Morgan fingerprint density at radius 1 is 0.519 bits per heavy atom.